The van der Waals surface area contributed by atoms with Crippen LogP contribution in [0.4, 0.5) is 10.5 Å². The number of halogens is 2. The Hall–Kier alpha value is -1.62. The number of carbonyl (C=O) groups excluding carboxylic acids is 2. The lowest BCUT2D eigenvalue weighted by Crippen LogP contribution is -2.58. The molecule has 4 rings (SSSR count). The molecular formula is C22H29Cl2N3O6. The predicted octanol–water partition coefficient (Wildman–Crippen LogP) is 2.38. The Balaban J connectivity index is 1.42. The number of morpholine rings is 1. The topological polar surface area (TPSA) is 101 Å². The van der Waals surface area contributed by atoms with E-state index in [-0.39, 0.29) is 43.8 Å². The van der Waals surface area contributed by atoms with E-state index < -0.39 is 12.2 Å². The zero-order valence-corrected chi connectivity index (χ0v) is 19.8. The monoisotopic (exact) mass is 501 g/mol. The highest BCUT2D eigenvalue weighted by atomic mass is 35.5. The van der Waals surface area contributed by atoms with Gasteiger partial charge in [-0.3, -0.25) is 4.79 Å². The second-order valence-corrected chi connectivity index (χ2v) is 9.44. The molecule has 3 fully saturated rings. The van der Waals surface area contributed by atoms with Gasteiger partial charge in [0.15, 0.2) is 0 Å². The Morgan fingerprint density at radius 2 is 1.79 bits per heavy atom. The van der Waals surface area contributed by atoms with Gasteiger partial charge in [-0.2, -0.15) is 0 Å². The van der Waals surface area contributed by atoms with Gasteiger partial charge in [-0.15, -0.1) is 0 Å². The van der Waals surface area contributed by atoms with Gasteiger partial charge in [-0.05, 0) is 31.0 Å². The summed E-state index contributed by atoms with van der Waals surface area (Å²) < 4.78 is 17.2. The fraction of sp³-hybridized carbons (Fsp3) is 0.636. The van der Waals surface area contributed by atoms with Crippen LogP contribution in [0.25, 0.3) is 0 Å². The Morgan fingerprint density at radius 3 is 2.52 bits per heavy atom. The molecule has 0 unspecified atom stereocenters. The summed E-state index contributed by atoms with van der Waals surface area (Å²) in [6, 6.07) is 4.12. The third-order valence-electron chi connectivity index (χ3n) is 6.12. The molecule has 4 atom stereocenters. The SMILES string of the molecule is O=C(C[C@@H]1CC[C@@H]2[C@H](COC[C@@H](O)CN2C(=O)Nc2cc(Cl)cc(Cl)c2)O1)N1CCOCC1. The average Bonchev–Trinajstić information content (AvgIpc) is 2.76. The van der Waals surface area contributed by atoms with E-state index in [1.54, 1.807) is 28.0 Å². The largest absolute Gasteiger partial charge is 0.389 e. The second kappa shape index (κ2) is 11.2. The summed E-state index contributed by atoms with van der Waals surface area (Å²) in [4.78, 5) is 29.2. The van der Waals surface area contributed by atoms with Crippen LogP contribution in [-0.2, 0) is 19.0 Å². The average molecular weight is 502 g/mol. The molecule has 3 aliphatic heterocycles. The minimum absolute atomic E-state index is 0.0522. The highest BCUT2D eigenvalue weighted by Gasteiger charge is 2.40. The summed E-state index contributed by atoms with van der Waals surface area (Å²) in [6.45, 7) is 2.73. The number of hydrogen-bond acceptors (Lipinski definition) is 6. The molecule has 0 bridgehead atoms. The standard InChI is InChI=1S/C22H29Cl2N3O6/c23-14-7-15(24)9-16(8-14)25-22(30)27-11-17(28)12-32-13-20-19(27)2-1-18(33-20)10-21(29)26-3-5-31-6-4-26/h7-9,17-20,28H,1-6,10-13H2,(H,25,30)/t17-,18-,19+,20-/m0/s1. The Labute approximate surface area is 202 Å². The molecule has 33 heavy (non-hydrogen) atoms. The van der Waals surface area contributed by atoms with Crippen molar-refractivity contribution in [3.8, 4) is 0 Å². The maximum atomic E-state index is 13.2. The van der Waals surface area contributed by atoms with Gasteiger partial charge in [0.25, 0.3) is 0 Å². The van der Waals surface area contributed by atoms with Crippen LogP contribution in [0.2, 0.25) is 10.0 Å². The van der Waals surface area contributed by atoms with Crippen molar-refractivity contribution in [1.82, 2.24) is 9.80 Å². The minimum Gasteiger partial charge on any atom is -0.389 e. The number of fused-ring (bicyclic) bond motifs is 1. The van der Waals surface area contributed by atoms with E-state index in [2.05, 4.69) is 5.32 Å². The number of β-amino-alcohol motifs (C(OH)–C–C–N with tert-alkyl or cyclic N) is 1. The highest BCUT2D eigenvalue weighted by molar-refractivity contribution is 6.35. The smallest absolute Gasteiger partial charge is 0.322 e. The van der Waals surface area contributed by atoms with E-state index in [1.807, 2.05) is 0 Å². The normalized spacial score (nSPS) is 28.5. The summed E-state index contributed by atoms with van der Waals surface area (Å²) in [6.07, 6.45) is 0.0823. The number of rotatable bonds is 3. The first kappa shape index (κ1) is 24.5. The van der Waals surface area contributed by atoms with E-state index >= 15 is 0 Å². The molecule has 0 spiro atoms. The Kier molecular flexibility index (Phi) is 8.32. The molecule has 3 heterocycles. The van der Waals surface area contributed by atoms with E-state index in [9.17, 15) is 14.7 Å². The van der Waals surface area contributed by atoms with E-state index in [0.717, 1.165) is 0 Å². The molecule has 182 valence electrons. The molecule has 2 N–H and O–H groups in total. The van der Waals surface area contributed by atoms with Crippen LogP contribution in [0.5, 0.6) is 0 Å². The van der Waals surface area contributed by atoms with Crippen LogP contribution in [0.15, 0.2) is 18.2 Å². The molecule has 3 saturated heterocycles. The van der Waals surface area contributed by atoms with Gasteiger partial charge in [-0.1, -0.05) is 23.2 Å². The van der Waals surface area contributed by atoms with Gasteiger partial charge in [-0.25, -0.2) is 4.79 Å². The molecule has 1 aromatic rings. The zero-order valence-electron chi connectivity index (χ0n) is 18.3. The number of hydrogen-bond donors (Lipinski definition) is 2. The number of carbonyl (C=O) groups is 2. The fourth-order valence-electron chi connectivity index (χ4n) is 4.53. The molecule has 0 aromatic heterocycles. The summed E-state index contributed by atoms with van der Waals surface area (Å²) in [7, 11) is 0. The summed E-state index contributed by atoms with van der Waals surface area (Å²) in [5.41, 5.74) is 0.465. The zero-order chi connectivity index (χ0) is 23.4. The molecule has 3 amide bonds. The van der Waals surface area contributed by atoms with Crippen LogP contribution >= 0.6 is 23.2 Å². The fourth-order valence-corrected chi connectivity index (χ4v) is 5.06. The lowest BCUT2D eigenvalue weighted by atomic mass is 9.94. The van der Waals surface area contributed by atoms with Gasteiger partial charge >= 0.3 is 6.03 Å². The van der Waals surface area contributed by atoms with Gasteiger partial charge in [0.1, 0.15) is 6.10 Å². The first-order chi connectivity index (χ1) is 15.9. The van der Waals surface area contributed by atoms with Crippen molar-refractivity contribution in [2.45, 2.75) is 43.6 Å². The summed E-state index contributed by atoms with van der Waals surface area (Å²) in [5, 5.41) is 13.9. The number of anilines is 1. The Bertz CT molecular complexity index is 833. The summed E-state index contributed by atoms with van der Waals surface area (Å²) >= 11 is 12.1. The highest BCUT2D eigenvalue weighted by Crippen LogP contribution is 2.29. The first-order valence-corrected chi connectivity index (χ1v) is 11.9. The van der Waals surface area contributed by atoms with Gasteiger partial charge in [0, 0.05) is 28.8 Å². The number of nitrogens with one attached hydrogen (secondary N) is 1. The van der Waals surface area contributed by atoms with Crippen molar-refractivity contribution in [2.75, 3.05) is 51.4 Å². The van der Waals surface area contributed by atoms with Crippen molar-refractivity contribution in [3.05, 3.63) is 28.2 Å². The number of amides is 3. The van der Waals surface area contributed by atoms with Crippen molar-refractivity contribution < 1.29 is 28.9 Å². The number of benzene rings is 1. The maximum Gasteiger partial charge on any atom is 0.322 e. The molecular weight excluding hydrogens is 473 g/mol. The number of ether oxygens (including phenoxy) is 3. The molecule has 11 heteroatoms. The van der Waals surface area contributed by atoms with Gasteiger partial charge < -0.3 is 34.4 Å². The molecule has 3 aliphatic rings. The quantitative estimate of drug-likeness (QED) is 0.659. The third-order valence-corrected chi connectivity index (χ3v) is 6.56. The summed E-state index contributed by atoms with van der Waals surface area (Å²) in [5.74, 6) is 0.0522. The van der Waals surface area contributed by atoms with Crippen molar-refractivity contribution in [3.63, 3.8) is 0 Å². The third kappa shape index (κ3) is 6.49. The maximum absolute atomic E-state index is 13.2. The number of nitrogens with zero attached hydrogens (tertiary/aromatic N) is 2. The molecule has 0 saturated carbocycles. The number of aliphatic hydroxyl groups excluding tert-OH is 1. The first-order valence-electron chi connectivity index (χ1n) is 11.2. The number of aliphatic hydroxyl groups is 1. The van der Waals surface area contributed by atoms with Gasteiger partial charge in [0.05, 0.1) is 57.6 Å². The van der Waals surface area contributed by atoms with E-state index in [1.165, 1.54) is 0 Å². The van der Waals surface area contributed by atoms with Crippen molar-refractivity contribution in [1.29, 1.82) is 0 Å². The van der Waals surface area contributed by atoms with Crippen LogP contribution in [-0.4, -0.2) is 97.3 Å². The van der Waals surface area contributed by atoms with E-state index in [4.69, 9.17) is 37.4 Å². The minimum atomic E-state index is -0.819. The lowest BCUT2D eigenvalue weighted by molar-refractivity contribution is -0.156. The predicted molar refractivity (Wildman–Crippen MR) is 123 cm³/mol. The van der Waals surface area contributed by atoms with Crippen LogP contribution in [0.1, 0.15) is 19.3 Å². The number of urea groups is 1. The molecule has 0 aliphatic carbocycles. The lowest BCUT2D eigenvalue weighted by Gasteiger charge is -2.44. The van der Waals surface area contributed by atoms with Crippen molar-refractivity contribution in [2.24, 2.45) is 0 Å². The van der Waals surface area contributed by atoms with Crippen molar-refractivity contribution >= 4 is 40.8 Å². The van der Waals surface area contributed by atoms with Crippen LogP contribution < -0.4 is 5.32 Å². The van der Waals surface area contributed by atoms with E-state index in [0.29, 0.717) is 61.3 Å². The van der Waals surface area contributed by atoms with Crippen LogP contribution in [0.3, 0.4) is 0 Å². The molecule has 0 radical (unpaired) electrons. The van der Waals surface area contributed by atoms with Gasteiger partial charge in [0.2, 0.25) is 5.91 Å². The van der Waals surface area contributed by atoms with Crippen LogP contribution in [0, 0.1) is 0 Å². The molecule has 1 aromatic carbocycles. The molecule has 9 nitrogen and oxygen atoms in total. The second-order valence-electron chi connectivity index (χ2n) is 8.57. The Morgan fingerprint density at radius 1 is 1.06 bits per heavy atom.